The molecule has 2 rings (SSSR count). The zero-order valence-corrected chi connectivity index (χ0v) is 11.1. The highest BCUT2D eigenvalue weighted by atomic mass is 32.1. The van der Waals surface area contributed by atoms with Crippen molar-refractivity contribution in [2.75, 3.05) is 7.11 Å². The van der Waals surface area contributed by atoms with Crippen LogP contribution in [0, 0.1) is 0 Å². The van der Waals surface area contributed by atoms with Gasteiger partial charge in [-0.05, 0) is 18.4 Å². The summed E-state index contributed by atoms with van der Waals surface area (Å²) in [6, 6.07) is 3.94. The zero-order valence-electron chi connectivity index (χ0n) is 10.3. The molecule has 5 nitrogen and oxygen atoms in total. The van der Waals surface area contributed by atoms with Crippen LogP contribution in [-0.2, 0) is 16.1 Å². The van der Waals surface area contributed by atoms with E-state index in [1.54, 1.807) is 24.5 Å². The van der Waals surface area contributed by atoms with Gasteiger partial charge in [-0.2, -0.15) is 0 Å². The van der Waals surface area contributed by atoms with Crippen LogP contribution < -0.4 is 5.73 Å². The van der Waals surface area contributed by atoms with Crippen LogP contribution >= 0.6 is 11.3 Å². The number of nitrogens with zero attached hydrogens (tertiary/aromatic N) is 2. The minimum Gasteiger partial charge on any atom is -0.468 e. The average molecular weight is 265 g/mol. The van der Waals surface area contributed by atoms with Crippen LogP contribution in [-0.4, -0.2) is 28.2 Å². The Morgan fingerprint density at radius 3 is 3.06 bits per heavy atom. The number of rotatable bonds is 4. The molecule has 0 spiro atoms. The molecule has 0 saturated heterocycles. The van der Waals surface area contributed by atoms with Gasteiger partial charge in [0.1, 0.15) is 11.4 Å². The van der Waals surface area contributed by atoms with E-state index in [1.165, 1.54) is 7.11 Å². The van der Waals surface area contributed by atoms with Crippen molar-refractivity contribution in [3.05, 3.63) is 29.9 Å². The summed E-state index contributed by atoms with van der Waals surface area (Å²) in [7, 11) is 1.33. The number of ether oxygens (including phenoxy) is 1. The third-order valence-corrected chi connectivity index (χ3v) is 3.47. The van der Waals surface area contributed by atoms with Gasteiger partial charge in [0.2, 0.25) is 0 Å². The monoisotopic (exact) mass is 265 g/mol. The summed E-state index contributed by atoms with van der Waals surface area (Å²) in [5, 5.41) is 1.98. The topological polar surface area (TPSA) is 70.1 Å². The molecule has 0 bridgehead atoms. The van der Waals surface area contributed by atoms with Crippen LogP contribution in [0.15, 0.2) is 29.9 Å². The molecule has 0 saturated carbocycles. The van der Waals surface area contributed by atoms with Gasteiger partial charge in [-0.3, -0.25) is 4.79 Å². The van der Waals surface area contributed by atoms with E-state index >= 15 is 0 Å². The maximum atomic E-state index is 11.6. The Hall–Kier alpha value is -1.66. The molecule has 0 fully saturated rings. The van der Waals surface area contributed by atoms with Crippen LogP contribution in [0.2, 0.25) is 0 Å². The first-order valence-corrected chi connectivity index (χ1v) is 6.35. The van der Waals surface area contributed by atoms with Crippen molar-refractivity contribution < 1.29 is 9.53 Å². The number of hydrogen-bond acceptors (Lipinski definition) is 5. The standard InChI is InChI=1S/C12H15N3O2S/c1-12(13,11(16)17-2)8-15-6-5-14-10(15)9-4-3-7-18-9/h3-7H,8,13H2,1-2H3. The van der Waals surface area contributed by atoms with Crippen LogP contribution in [0.3, 0.4) is 0 Å². The minimum absolute atomic E-state index is 0.326. The highest BCUT2D eigenvalue weighted by molar-refractivity contribution is 7.13. The van der Waals surface area contributed by atoms with Gasteiger partial charge in [0, 0.05) is 12.4 Å². The number of nitrogens with two attached hydrogens (primary N) is 1. The molecule has 2 heterocycles. The number of esters is 1. The molecule has 0 aliphatic rings. The fraction of sp³-hybridized carbons (Fsp3) is 0.333. The second-order valence-electron chi connectivity index (χ2n) is 4.27. The largest absolute Gasteiger partial charge is 0.468 e. The average Bonchev–Trinajstić information content (AvgIpc) is 2.97. The van der Waals surface area contributed by atoms with Gasteiger partial charge < -0.3 is 15.0 Å². The van der Waals surface area contributed by atoms with Crippen LogP contribution in [0.1, 0.15) is 6.92 Å². The predicted octanol–water partition coefficient (Wildman–Crippen LogP) is 1.50. The fourth-order valence-corrected chi connectivity index (χ4v) is 2.46. The minimum atomic E-state index is -1.07. The molecule has 6 heteroatoms. The highest BCUT2D eigenvalue weighted by Crippen LogP contribution is 2.23. The van der Waals surface area contributed by atoms with Gasteiger partial charge in [0.15, 0.2) is 0 Å². The number of thiophene rings is 1. The number of methoxy groups -OCH3 is 1. The van der Waals surface area contributed by atoms with E-state index in [1.807, 2.05) is 28.3 Å². The Morgan fingerprint density at radius 2 is 2.44 bits per heavy atom. The molecule has 96 valence electrons. The lowest BCUT2D eigenvalue weighted by Gasteiger charge is -2.22. The summed E-state index contributed by atoms with van der Waals surface area (Å²) >= 11 is 1.59. The van der Waals surface area contributed by atoms with Gasteiger partial charge in [-0.25, -0.2) is 4.98 Å². The predicted molar refractivity (Wildman–Crippen MR) is 70.1 cm³/mol. The Labute approximate surface area is 109 Å². The van der Waals surface area contributed by atoms with Crippen molar-refractivity contribution in [3.63, 3.8) is 0 Å². The van der Waals surface area contributed by atoms with Gasteiger partial charge in [0.25, 0.3) is 0 Å². The second kappa shape index (κ2) is 4.91. The lowest BCUT2D eigenvalue weighted by molar-refractivity contribution is -0.146. The van der Waals surface area contributed by atoms with Crippen molar-refractivity contribution in [2.24, 2.45) is 5.73 Å². The molecule has 0 aromatic carbocycles. The Kier molecular flexibility index (Phi) is 3.49. The van der Waals surface area contributed by atoms with E-state index in [4.69, 9.17) is 10.5 Å². The molecule has 18 heavy (non-hydrogen) atoms. The van der Waals surface area contributed by atoms with Gasteiger partial charge in [-0.15, -0.1) is 11.3 Å². The van der Waals surface area contributed by atoms with Crippen molar-refractivity contribution in [1.82, 2.24) is 9.55 Å². The summed E-state index contributed by atoms with van der Waals surface area (Å²) in [5.74, 6) is 0.374. The lowest BCUT2D eigenvalue weighted by atomic mass is 10.0. The van der Waals surface area contributed by atoms with Gasteiger partial charge >= 0.3 is 5.97 Å². The second-order valence-corrected chi connectivity index (χ2v) is 5.21. The van der Waals surface area contributed by atoms with E-state index in [2.05, 4.69) is 4.98 Å². The van der Waals surface area contributed by atoms with E-state index in [9.17, 15) is 4.79 Å². The van der Waals surface area contributed by atoms with E-state index in [0.717, 1.165) is 10.7 Å². The fourth-order valence-electron chi connectivity index (χ4n) is 1.72. The maximum absolute atomic E-state index is 11.6. The first kappa shape index (κ1) is 12.8. The summed E-state index contributed by atoms with van der Waals surface area (Å²) in [6.45, 7) is 1.98. The molecule has 0 radical (unpaired) electrons. The third kappa shape index (κ3) is 2.44. The van der Waals surface area contributed by atoms with E-state index < -0.39 is 11.5 Å². The first-order valence-electron chi connectivity index (χ1n) is 5.47. The summed E-state index contributed by atoms with van der Waals surface area (Å²) in [4.78, 5) is 16.9. The molecule has 0 aliphatic carbocycles. The molecule has 0 aliphatic heterocycles. The van der Waals surface area contributed by atoms with Crippen molar-refractivity contribution in [3.8, 4) is 10.7 Å². The van der Waals surface area contributed by atoms with Gasteiger partial charge in [-0.1, -0.05) is 6.07 Å². The number of carbonyl (C=O) groups is 1. The zero-order chi connectivity index (χ0) is 13.2. The van der Waals surface area contributed by atoms with Crippen molar-refractivity contribution in [1.29, 1.82) is 0 Å². The smallest absolute Gasteiger partial charge is 0.327 e. The molecule has 2 aromatic rings. The first-order chi connectivity index (χ1) is 8.54. The number of imidazole rings is 1. The van der Waals surface area contributed by atoms with Crippen molar-refractivity contribution >= 4 is 17.3 Å². The molecule has 2 N–H and O–H groups in total. The number of hydrogen-bond donors (Lipinski definition) is 1. The molecular weight excluding hydrogens is 250 g/mol. The molecule has 1 atom stereocenters. The normalized spacial score (nSPS) is 14.2. The van der Waals surface area contributed by atoms with E-state index in [-0.39, 0.29) is 0 Å². The molecule has 2 aromatic heterocycles. The number of carbonyl (C=O) groups excluding carboxylic acids is 1. The highest BCUT2D eigenvalue weighted by Gasteiger charge is 2.30. The molecular formula is C12H15N3O2S. The van der Waals surface area contributed by atoms with Crippen LogP contribution in [0.5, 0.6) is 0 Å². The third-order valence-electron chi connectivity index (χ3n) is 2.61. The summed E-state index contributed by atoms with van der Waals surface area (Å²) < 4.78 is 6.56. The van der Waals surface area contributed by atoms with E-state index in [0.29, 0.717) is 6.54 Å². The Bertz CT molecular complexity index is 531. The van der Waals surface area contributed by atoms with Crippen LogP contribution in [0.25, 0.3) is 10.7 Å². The Balaban J connectivity index is 2.26. The lowest BCUT2D eigenvalue weighted by Crippen LogP contribution is -2.49. The quantitative estimate of drug-likeness (QED) is 0.851. The maximum Gasteiger partial charge on any atom is 0.327 e. The summed E-state index contributed by atoms with van der Waals surface area (Å²) in [6.07, 6.45) is 3.51. The van der Waals surface area contributed by atoms with Gasteiger partial charge in [0.05, 0.1) is 18.5 Å². The molecule has 1 unspecified atom stereocenters. The Morgan fingerprint density at radius 1 is 1.67 bits per heavy atom. The van der Waals surface area contributed by atoms with Crippen LogP contribution in [0.4, 0.5) is 0 Å². The molecule has 0 amide bonds. The number of aromatic nitrogens is 2. The summed E-state index contributed by atoms with van der Waals surface area (Å²) in [5.41, 5.74) is 4.90. The van der Waals surface area contributed by atoms with Crippen molar-refractivity contribution in [2.45, 2.75) is 19.0 Å². The SMILES string of the molecule is COC(=O)C(C)(N)Cn1ccnc1-c1cccs1.